The molecular formula is C21H19BrF3N3O5. The van der Waals surface area contributed by atoms with E-state index >= 15 is 0 Å². The number of pyridine rings is 2. The van der Waals surface area contributed by atoms with Crippen LogP contribution >= 0.6 is 15.9 Å². The summed E-state index contributed by atoms with van der Waals surface area (Å²) in [6.45, 7) is 0.346. The Morgan fingerprint density at radius 3 is 2.52 bits per heavy atom. The number of carbonyl (C=O) groups is 2. The Kier molecular flexibility index (Phi) is 8.97. The van der Waals surface area contributed by atoms with E-state index in [0.29, 0.717) is 35.5 Å². The van der Waals surface area contributed by atoms with Crippen LogP contribution in [-0.4, -0.2) is 39.3 Å². The summed E-state index contributed by atoms with van der Waals surface area (Å²) in [5.74, 6) is -2.33. The highest BCUT2D eigenvalue weighted by Gasteiger charge is 2.38. The van der Waals surface area contributed by atoms with Gasteiger partial charge < -0.3 is 19.7 Å². The van der Waals surface area contributed by atoms with Crippen LogP contribution < -0.4 is 15.6 Å². The first-order chi connectivity index (χ1) is 15.5. The van der Waals surface area contributed by atoms with E-state index in [1.165, 1.54) is 6.07 Å². The number of aromatic nitrogens is 2. The molecule has 176 valence electrons. The fourth-order valence-corrected chi connectivity index (χ4v) is 2.96. The number of fused-ring (bicyclic) bond motifs is 1. The Hall–Kier alpha value is -3.41. The maximum atomic E-state index is 12.0. The molecule has 0 spiro atoms. The monoisotopic (exact) mass is 529 g/mol. The van der Waals surface area contributed by atoms with E-state index < -0.39 is 12.1 Å². The molecule has 1 amide bonds. The van der Waals surface area contributed by atoms with Crippen molar-refractivity contribution in [1.82, 2.24) is 9.55 Å². The minimum atomic E-state index is -5.08. The molecule has 1 aromatic carbocycles. The first-order valence-corrected chi connectivity index (χ1v) is 10.2. The number of alkyl halides is 3. The maximum absolute atomic E-state index is 12.0. The van der Waals surface area contributed by atoms with Gasteiger partial charge in [0, 0.05) is 31.1 Å². The number of anilines is 1. The smallest absolute Gasteiger partial charge is 0.490 e. The number of amides is 1. The van der Waals surface area contributed by atoms with Gasteiger partial charge in [0.2, 0.25) is 5.91 Å². The largest absolute Gasteiger partial charge is 0.493 e. The molecule has 0 aliphatic heterocycles. The second-order valence-electron chi connectivity index (χ2n) is 6.57. The van der Waals surface area contributed by atoms with Crippen LogP contribution in [0.4, 0.5) is 18.9 Å². The highest BCUT2D eigenvalue weighted by Crippen LogP contribution is 2.23. The number of rotatable bonds is 6. The first kappa shape index (κ1) is 25.8. The van der Waals surface area contributed by atoms with Crippen LogP contribution in [0.15, 0.2) is 58.1 Å². The summed E-state index contributed by atoms with van der Waals surface area (Å²) in [6.07, 6.45) is -2.60. The minimum Gasteiger partial charge on any atom is -0.493 e. The van der Waals surface area contributed by atoms with Gasteiger partial charge in [-0.2, -0.15) is 13.2 Å². The molecule has 3 rings (SSSR count). The van der Waals surface area contributed by atoms with Crippen molar-refractivity contribution in [3.8, 4) is 5.75 Å². The zero-order valence-corrected chi connectivity index (χ0v) is 18.8. The Morgan fingerprint density at radius 1 is 1.21 bits per heavy atom. The molecule has 0 atom stereocenters. The van der Waals surface area contributed by atoms with E-state index in [9.17, 15) is 22.8 Å². The molecule has 8 nitrogen and oxygen atoms in total. The van der Waals surface area contributed by atoms with Crippen LogP contribution in [0.1, 0.15) is 12.8 Å². The van der Waals surface area contributed by atoms with E-state index in [4.69, 9.17) is 14.6 Å². The quantitative estimate of drug-likeness (QED) is 0.367. The van der Waals surface area contributed by atoms with Gasteiger partial charge in [-0.1, -0.05) is 12.1 Å². The number of para-hydroxylation sites is 1. The number of hydrogen-bond donors (Lipinski definition) is 2. The molecule has 0 unspecified atom stereocenters. The van der Waals surface area contributed by atoms with Gasteiger partial charge in [-0.15, -0.1) is 0 Å². The van der Waals surface area contributed by atoms with E-state index in [1.54, 1.807) is 29.9 Å². The second-order valence-corrected chi connectivity index (χ2v) is 7.32. The van der Waals surface area contributed by atoms with Gasteiger partial charge in [0.1, 0.15) is 10.4 Å². The van der Waals surface area contributed by atoms with Crippen LogP contribution in [-0.2, 0) is 16.6 Å². The lowest BCUT2D eigenvalue weighted by Gasteiger charge is -2.11. The van der Waals surface area contributed by atoms with E-state index in [0.717, 1.165) is 10.9 Å². The Balaban J connectivity index is 0.000000479. The van der Waals surface area contributed by atoms with Gasteiger partial charge in [-0.25, -0.2) is 9.78 Å². The SMILES string of the molecule is Cn1c(=O)cc(OCCCC(=O)Nc2cccnc2Br)c2ccccc21.O=C(O)C(F)(F)F. The van der Waals surface area contributed by atoms with Crippen molar-refractivity contribution >= 4 is 44.4 Å². The topological polar surface area (TPSA) is 111 Å². The number of hydrogen-bond acceptors (Lipinski definition) is 5. The number of carboxylic acids is 1. The van der Waals surface area contributed by atoms with Crippen molar-refractivity contribution in [1.29, 1.82) is 0 Å². The molecule has 0 saturated heterocycles. The van der Waals surface area contributed by atoms with Crippen LogP contribution in [0.25, 0.3) is 10.9 Å². The third-order valence-corrected chi connectivity index (χ3v) is 4.83. The molecule has 0 aliphatic carbocycles. The standard InChI is InChI=1S/C19H18BrN3O3.C2HF3O2/c1-23-15-8-3-2-6-13(15)16(12-18(23)25)26-11-5-9-17(24)22-14-7-4-10-21-19(14)20;3-2(4,5)1(6)7/h2-4,6-8,10,12H,5,9,11H2,1H3,(H,22,24);(H,6,7). The van der Waals surface area contributed by atoms with Gasteiger partial charge in [0.15, 0.2) is 0 Å². The van der Waals surface area contributed by atoms with Gasteiger partial charge in [0.25, 0.3) is 5.56 Å². The number of halogens is 4. The van der Waals surface area contributed by atoms with Crippen LogP contribution in [0.2, 0.25) is 0 Å². The van der Waals surface area contributed by atoms with Crippen molar-refractivity contribution in [2.45, 2.75) is 19.0 Å². The van der Waals surface area contributed by atoms with E-state index in [1.807, 2.05) is 24.3 Å². The van der Waals surface area contributed by atoms with Crippen LogP contribution in [0.3, 0.4) is 0 Å². The van der Waals surface area contributed by atoms with Crippen LogP contribution in [0, 0.1) is 0 Å². The molecule has 2 heterocycles. The summed E-state index contributed by atoms with van der Waals surface area (Å²) in [4.78, 5) is 37.0. The van der Waals surface area contributed by atoms with Gasteiger partial charge in [-0.05, 0) is 46.6 Å². The summed E-state index contributed by atoms with van der Waals surface area (Å²) in [5, 5.41) is 10.8. The lowest BCUT2D eigenvalue weighted by molar-refractivity contribution is -0.192. The van der Waals surface area contributed by atoms with E-state index in [2.05, 4.69) is 26.2 Å². The number of aryl methyl sites for hydroxylation is 1. The number of carboxylic acid groups (broad SMARTS) is 1. The summed E-state index contributed by atoms with van der Waals surface area (Å²) >= 11 is 3.29. The molecular weight excluding hydrogens is 511 g/mol. The Bertz CT molecular complexity index is 1200. The van der Waals surface area contributed by atoms with Crippen LogP contribution in [0.5, 0.6) is 5.75 Å². The molecule has 0 aliphatic rings. The average molecular weight is 530 g/mol. The summed E-state index contributed by atoms with van der Waals surface area (Å²) in [7, 11) is 1.73. The summed E-state index contributed by atoms with van der Waals surface area (Å²) in [6, 6.07) is 12.6. The normalized spacial score (nSPS) is 10.8. The lowest BCUT2D eigenvalue weighted by atomic mass is 10.2. The Labute approximate surface area is 194 Å². The van der Waals surface area contributed by atoms with Crippen molar-refractivity contribution in [2.75, 3.05) is 11.9 Å². The number of ether oxygens (including phenoxy) is 1. The number of aliphatic carboxylic acids is 1. The minimum absolute atomic E-state index is 0.115. The van der Waals surface area contributed by atoms with Crippen molar-refractivity contribution in [3.05, 3.63) is 63.6 Å². The zero-order valence-electron chi connectivity index (χ0n) is 17.2. The molecule has 33 heavy (non-hydrogen) atoms. The molecule has 2 N–H and O–H groups in total. The van der Waals surface area contributed by atoms with Gasteiger partial charge in [0.05, 0.1) is 17.8 Å². The molecule has 12 heteroatoms. The third-order valence-electron chi connectivity index (χ3n) is 4.20. The highest BCUT2D eigenvalue weighted by atomic mass is 79.9. The number of carbonyl (C=O) groups excluding carboxylic acids is 1. The number of benzene rings is 1. The Morgan fingerprint density at radius 2 is 1.88 bits per heavy atom. The number of nitrogens with zero attached hydrogens (tertiary/aromatic N) is 2. The predicted molar refractivity (Wildman–Crippen MR) is 118 cm³/mol. The van der Waals surface area contributed by atoms with Crippen molar-refractivity contribution in [3.63, 3.8) is 0 Å². The first-order valence-electron chi connectivity index (χ1n) is 9.42. The molecule has 2 aromatic heterocycles. The molecule has 3 aromatic rings. The third kappa shape index (κ3) is 7.59. The van der Waals surface area contributed by atoms with Crippen molar-refractivity contribution < 1.29 is 32.6 Å². The van der Waals surface area contributed by atoms with Crippen molar-refractivity contribution in [2.24, 2.45) is 7.05 Å². The average Bonchev–Trinajstić information content (AvgIpc) is 2.76. The zero-order chi connectivity index (χ0) is 24.6. The summed E-state index contributed by atoms with van der Waals surface area (Å²) < 4.78 is 39.7. The highest BCUT2D eigenvalue weighted by molar-refractivity contribution is 9.10. The predicted octanol–water partition coefficient (Wildman–Crippen LogP) is 4.13. The molecule has 0 radical (unpaired) electrons. The molecule has 0 bridgehead atoms. The van der Waals surface area contributed by atoms with Gasteiger partial charge in [-0.3, -0.25) is 9.59 Å². The maximum Gasteiger partial charge on any atom is 0.490 e. The van der Waals surface area contributed by atoms with E-state index in [-0.39, 0.29) is 11.5 Å². The fourth-order valence-electron chi connectivity index (χ4n) is 2.61. The lowest BCUT2D eigenvalue weighted by Crippen LogP contribution is -2.21. The number of nitrogens with one attached hydrogen (secondary N) is 1. The fraction of sp³-hybridized carbons (Fsp3) is 0.238. The van der Waals surface area contributed by atoms with Gasteiger partial charge >= 0.3 is 12.1 Å². The molecule has 0 saturated carbocycles. The molecule has 0 fully saturated rings. The summed E-state index contributed by atoms with van der Waals surface area (Å²) in [5.41, 5.74) is 1.32. The second kappa shape index (κ2) is 11.5.